The molecule has 2 rings (SSSR count). The molecule has 0 saturated heterocycles. The summed E-state index contributed by atoms with van der Waals surface area (Å²) >= 11 is 6.40. The minimum atomic E-state index is -0.408. The Labute approximate surface area is 116 Å². The molecule has 0 saturated carbocycles. The fraction of sp³-hybridized carbons (Fsp3) is 0.357. The highest BCUT2D eigenvalue weighted by Crippen LogP contribution is 2.34. The van der Waals surface area contributed by atoms with Gasteiger partial charge in [-0.15, -0.1) is 11.6 Å². The molecule has 0 fully saturated rings. The lowest BCUT2D eigenvalue weighted by Gasteiger charge is -2.11. The number of rotatable bonds is 5. The molecule has 19 heavy (non-hydrogen) atoms. The Bertz CT molecular complexity index is 601. The number of benzene rings is 1. The summed E-state index contributed by atoms with van der Waals surface area (Å²) in [6, 6.07) is 6.83. The van der Waals surface area contributed by atoms with Crippen molar-refractivity contribution in [3.05, 3.63) is 46.1 Å². The summed E-state index contributed by atoms with van der Waals surface area (Å²) in [6.07, 6.45) is 4.56. The second kappa shape index (κ2) is 5.97. The zero-order valence-electron chi connectivity index (χ0n) is 10.7. The summed E-state index contributed by atoms with van der Waals surface area (Å²) in [7, 11) is 0. The third kappa shape index (κ3) is 2.84. The van der Waals surface area contributed by atoms with Crippen molar-refractivity contribution in [1.29, 1.82) is 0 Å². The van der Waals surface area contributed by atoms with Gasteiger partial charge in [-0.3, -0.25) is 10.1 Å². The highest BCUT2D eigenvalue weighted by Gasteiger charge is 2.17. The van der Waals surface area contributed by atoms with E-state index in [0.717, 1.165) is 30.2 Å². The number of nitro groups is 1. The van der Waals surface area contributed by atoms with E-state index >= 15 is 0 Å². The number of nitro benzene ring substituents is 1. The summed E-state index contributed by atoms with van der Waals surface area (Å²) in [5, 5.41) is 11.6. The van der Waals surface area contributed by atoms with Crippen LogP contribution in [0.5, 0.6) is 0 Å². The van der Waals surface area contributed by atoms with Gasteiger partial charge in [0.1, 0.15) is 5.52 Å². The molecule has 0 aliphatic rings. The number of aromatic nitrogens is 1. The molecule has 0 aliphatic heterocycles. The summed E-state index contributed by atoms with van der Waals surface area (Å²) in [5.41, 5.74) is 1.36. The van der Waals surface area contributed by atoms with Crippen LogP contribution in [0.3, 0.4) is 0 Å². The fourth-order valence-electron chi connectivity index (χ4n) is 2.14. The molecule has 0 N–H and O–H groups in total. The zero-order chi connectivity index (χ0) is 13.8. The van der Waals surface area contributed by atoms with Gasteiger partial charge in [0.2, 0.25) is 0 Å². The molecule has 1 atom stereocenters. The number of unbranched alkanes of at least 4 members (excludes halogenated alkanes) is 1. The Balaban J connectivity index is 2.51. The van der Waals surface area contributed by atoms with Crippen molar-refractivity contribution in [2.75, 3.05) is 0 Å². The lowest BCUT2D eigenvalue weighted by atomic mass is 10.0. The molecule has 2 aromatic rings. The first-order valence-electron chi connectivity index (χ1n) is 6.31. The van der Waals surface area contributed by atoms with Gasteiger partial charge in [0.25, 0.3) is 5.69 Å². The van der Waals surface area contributed by atoms with Gasteiger partial charge in [-0.1, -0.05) is 31.9 Å². The Hall–Kier alpha value is -1.68. The smallest absolute Gasteiger partial charge is 0.258 e. The summed E-state index contributed by atoms with van der Waals surface area (Å²) < 4.78 is 0. The zero-order valence-corrected chi connectivity index (χ0v) is 11.4. The largest absolute Gasteiger partial charge is 0.295 e. The quantitative estimate of drug-likeness (QED) is 0.456. The Morgan fingerprint density at radius 2 is 2.21 bits per heavy atom. The molecule has 0 radical (unpaired) electrons. The first kappa shape index (κ1) is 13.7. The predicted molar refractivity (Wildman–Crippen MR) is 76.5 cm³/mol. The number of pyridine rings is 1. The van der Waals surface area contributed by atoms with Crippen LogP contribution in [0.2, 0.25) is 0 Å². The molecule has 4 nitrogen and oxygen atoms in total. The van der Waals surface area contributed by atoms with Crippen LogP contribution in [0.25, 0.3) is 10.9 Å². The average Bonchev–Trinajstić information content (AvgIpc) is 2.43. The first-order chi connectivity index (χ1) is 9.15. The van der Waals surface area contributed by atoms with Crippen LogP contribution in [0, 0.1) is 10.1 Å². The lowest BCUT2D eigenvalue weighted by molar-refractivity contribution is -0.383. The highest BCUT2D eigenvalue weighted by molar-refractivity contribution is 6.21. The predicted octanol–water partition coefficient (Wildman–Crippen LogP) is 4.61. The van der Waals surface area contributed by atoms with Gasteiger partial charge in [-0.05, 0) is 18.1 Å². The SMILES string of the molecule is CCCCC(Cl)c1ccnc2c([N+](=O)[O-])cccc12. The van der Waals surface area contributed by atoms with Gasteiger partial charge in [-0.25, -0.2) is 4.98 Å². The van der Waals surface area contributed by atoms with Gasteiger partial charge in [0.15, 0.2) is 0 Å². The van der Waals surface area contributed by atoms with E-state index in [-0.39, 0.29) is 11.1 Å². The van der Waals surface area contributed by atoms with Gasteiger partial charge in [0, 0.05) is 17.6 Å². The molecule has 1 aromatic heterocycles. The second-order valence-corrected chi connectivity index (χ2v) is 4.97. The van der Waals surface area contributed by atoms with Crippen molar-refractivity contribution in [2.45, 2.75) is 31.6 Å². The summed E-state index contributed by atoms with van der Waals surface area (Å²) in [4.78, 5) is 14.7. The maximum absolute atomic E-state index is 11.0. The Morgan fingerprint density at radius 1 is 1.42 bits per heavy atom. The van der Waals surface area contributed by atoms with Crippen molar-refractivity contribution in [3.63, 3.8) is 0 Å². The molecule has 0 bridgehead atoms. The third-order valence-electron chi connectivity index (χ3n) is 3.13. The number of halogens is 1. The van der Waals surface area contributed by atoms with E-state index in [1.54, 1.807) is 12.3 Å². The van der Waals surface area contributed by atoms with Crippen molar-refractivity contribution in [2.24, 2.45) is 0 Å². The van der Waals surface area contributed by atoms with Crippen molar-refractivity contribution >= 4 is 28.2 Å². The second-order valence-electron chi connectivity index (χ2n) is 4.44. The number of para-hydroxylation sites is 1. The van der Waals surface area contributed by atoms with Gasteiger partial charge < -0.3 is 0 Å². The molecule has 0 amide bonds. The third-order valence-corrected chi connectivity index (χ3v) is 3.58. The molecular formula is C14H15ClN2O2. The van der Waals surface area contributed by atoms with Gasteiger partial charge in [-0.2, -0.15) is 0 Å². The van der Waals surface area contributed by atoms with E-state index in [1.807, 2.05) is 12.1 Å². The van der Waals surface area contributed by atoms with E-state index in [2.05, 4.69) is 11.9 Å². The minimum absolute atomic E-state index is 0.0266. The van der Waals surface area contributed by atoms with Crippen LogP contribution < -0.4 is 0 Å². The number of hydrogen-bond acceptors (Lipinski definition) is 3. The van der Waals surface area contributed by atoms with Crippen LogP contribution in [0.15, 0.2) is 30.5 Å². The maximum Gasteiger partial charge on any atom is 0.295 e. The number of nitrogens with zero attached hydrogens (tertiary/aromatic N) is 2. The molecule has 5 heteroatoms. The minimum Gasteiger partial charge on any atom is -0.258 e. The van der Waals surface area contributed by atoms with Gasteiger partial charge in [0.05, 0.1) is 10.3 Å². The Kier molecular flexibility index (Phi) is 4.32. The van der Waals surface area contributed by atoms with E-state index in [1.165, 1.54) is 6.07 Å². The monoisotopic (exact) mass is 278 g/mol. The molecule has 0 aliphatic carbocycles. The summed E-state index contributed by atoms with van der Waals surface area (Å²) in [5.74, 6) is 0. The van der Waals surface area contributed by atoms with Crippen molar-refractivity contribution < 1.29 is 4.92 Å². The molecule has 1 unspecified atom stereocenters. The lowest BCUT2D eigenvalue weighted by Crippen LogP contribution is -1.96. The fourth-order valence-corrected chi connectivity index (χ4v) is 2.49. The number of non-ortho nitro benzene ring substituents is 1. The standard InChI is InChI=1S/C14H15ClN2O2/c1-2-3-6-12(15)10-8-9-16-14-11(10)5-4-7-13(14)17(18)19/h4-5,7-9,12H,2-3,6H2,1H3. The Morgan fingerprint density at radius 3 is 2.89 bits per heavy atom. The van der Waals surface area contributed by atoms with Crippen LogP contribution in [0.4, 0.5) is 5.69 Å². The van der Waals surface area contributed by atoms with Crippen molar-refractivity contribution in [3.8, 4) is 0 Å². The van der Waals surface area contributed by atoms with E-state index in [0.29, 0.717) is 5.52 Å². The van der Waals surface area contributed by atoms with Crippen LogP contribution in [0.1, 0.15) is 37.1 Å². The van der Waals surface area contributed by atoms with Gasteiger partial charge >= 0.3 is 0 Å². The molecule has 1 aromatic carbocycles. The summed E-state index contributed by atoms with van der Waals surface area (Å²) in [6.45, 7) is 2.11. The molecule has 0 spiro atoms. The highest BCUT2D eigenvalue weighted by atomic mass is 35.5. The first-order valence-corrected chi connectivity index (χ1v) is 6.75. The number of hydrogen-bond donors (Lipinski definition) is 0. The van der Waals surface area contributed by atoms with E-state index < -0.39 is 4.92 Å². The maximum atomic E-state index is 11.0. The normalized spacial score (nSPS) is 12.5. The number of alkyl halides is 1. The van der Waals surface area contributed by atoms with E-state index in [4.69, 9.17) is 11.6 Å². The van der Waals surface area contributed by atoms with Crippen molar-refractivity contribution in [1.82, 2.24) is 4.98 Å². The molecule has 100 valence electrons. The van der Waals surface area contributed by atoms with Crippen LogP contribution >= 0.6 is 11.6 Å². The number of fused-ring (bicyclic) bond motifs is 1. The van der Waals surface area contributed by atoms with E-state index in [9.17, 15) is 10.1 Å². The van der Waals surface area contributed by atoms with Crippen LogP contribution in [-0.2, 0) is 0 Å². The molecule has 1 heterocycles. The topological polar surface area (TPSA) is 56.0 Å². The van der Waals surface area contributed by atoms with Crippen LogP contribution in [-0.4, -0.2) is 9.91 Å². The molecular weight excluding hydrogens is 264 g/mol. The average molecular weight is 279 g/mol.